The minimum atomic E-state index is -0.645. The van der Waals surface area contributed by atoms with Gasteiger partial charge in [0.25, 0.3) is 0 Å². The largest absolute Gasteiger partial charge is 0.460 e. The van der Waals surface area contributed by atoms with Crippen LogP contribution in [0.3, 0.4) is 0 Å². The standard InChI is InChI=1S/C40H43NO4S/c1-39(2,3)45-38(43)41-35(27-31-19-16-26-36(31)37(42)44-28-30-17-8-4-9-18-30)29-46-40(32-20-10-5-11-21-32,33-22-12-6-13-23-33)34-24-14-7-15-25-34/h4-15,17-18,20-25,27,35-36H,16,19,26,28-29H2,1-3H3,(H,41,43)/b31-27+/t35-,36-/m1/s1. The molecule has 6 heteroatoms. The van der Waals surface area contributed by atoms with E-state index in [0.717, 1.165) is 47.1 Å². The number of nitrogens with one attached hydrogen (secondary N) is 1. The van der Waals surface area contributed by atoms with Crippen LogP contribution in [0.15, 0.2) is 133 Å². The fourth-order valence-electron chi connectivity index (χ4n) is 6.00. The molecule has 0 unspecified atom stereocenters. The number of rotatable bonds is 11. The molecule has 5 rings (SSSR count). The summed E-state index contributed by atoms with van der Waals surface area (Å²) in [5.74, 6) is -0.0185. The maximum atomic E-state index is 13.3. The van der Waals surface area contributed by atoms with Gasteiger partial charge in [0.05, 0.1) is 16.7 Å². The van der Waals surface area contributed by atoms with Crippen molar-refractivity contribution < 1.29 is 19.1 Å². The van der Waals surface area contributed by atoms with Gasteiger partial charge >= 0.3 is 12.1 Å². The Morgan fingerprint density at radius 2 is 1.30 bits per heavy atom. The van der Waals surface area contributed by atoms with Crippen molar-refractivity contribution in [2.24, 2.45) is 5.92 Å². The van der Waals surface area contributed by atoms with E-state index in [1.165, 1.54) is 0 Å². The Morgan fingerprint density at radius 3 is 1.80 bits per heavy atom. The molecule has 0 radical (unpaired) electrons. The zero-order chi connectivity index (χ0) is 32.4. The normalized spacial score (nSPS) is 16.5. The Hall–Kier alpha value is -4.29. The average molecular weight is 634 g/mol. The second-order valence-corrected chi connectivity index (χ2v) is 13.9. The Kier molecular flexibility index (Phi) is 11.0. The van der Waals surface area contributed by atoms with Gasteiger partial charge in [0.15, 0.2) is 0 Å². The van der Waals surface area contributed by atoms with Crippen molar-refractivity contribution >= 4 is 23.8 Å². The molecule has 0 aromatic heterocycles. The third-order valence-corrected chi connectivity index (χ3v) is 9.72. The maximum absolute atomic E-state index is 13.3. The minimum absolute atomic E-state index is 0.219. The molecule has 238 valence electrons. The van der Waals surface area contributed by atoms with Crippen LogP contribution in [0.5, 0.6) is 0 Å². The lowest BCUT2D eigenvalue weighted by Crippen LogP contribution is -2.41. The summed E-state index contributed by atoms with van der Waals surface area (Å²) in [7, 11) is 0. The Bertz CT molecular complexity index is 1490. The summed E-state index contributed by atoms with van der Waals surface area (Å²) < 4.78 is 10.9. The summed E-state index contributed by atoms with van der Waals surface area (Å²) in [6.45, 7) is 5.81. The quantitative estimate of drug-likeness (QED) is 0.101. The van der Waals surface area contributed by atoms with Gasteiger partial charge < -0.3 is 14.8 Å². The molecule has 1 fully saturated rings. The summed E-state index contributed by atoms with van der Waals surface area (Å²) in [4.78, 5) is 26.5. The molecule has 1 N–H and O–H groups in total. The first kappa shape index (κ1) is 33.1. The molecule has 4 aromatic carbocycles. The van der Waals surface area contributed by atoms with E-state index in [0.29, 0.717) is 5.75 Å². The summed E-state index contributed by atoms with van der Waals surface area (Å²) in [5.41, 5.74) is 4.75. The van der Waals surface area contributed by atoms with E-state index in [-0.39, 0.29) is 18.5 Å². The Morgan fingerprint density at radius 1 is 0.804 bits per heavy atom. The highest BCUT2D eigenvalue weighted by Gasteiger charge is 2.38. The molecular weight excluding hydrogens is 591 g/mol. The van der Waals surface area contributed by atoms with Crippen molar-refractivity contribution in [3.63, 3.8) is 0 Å². The highest BCUT2D eigenvalue weighted by Crippen LogP contribution is 2.49. The van der Waals surface area contributed by atoms with Gasteiger partial charge in [-0.05, 0) is 62.3 Å². The molecule has 0 saturated heterocycles. The summed E-state index contributed by atoms with van der Waals surface area (Å²) >= 11 is 1.77. The number of esters is 1. The van der Waals surface area contributed by atoms with E-state index in [2.05, 4.69) is 84.2 Å². The number of hydrogen-bond acceptors (Lipinski definition) is 5. The molecular formula is C40H43NO4S. The number of carbonyl (C=O) groups excluding carboxylic acids is 2. The van der Waals surface area contributed by atoms with E-state index in [9.17, 15) is 9.59 Å². The van der Waals surface area contributed by atoms with Crippen LogP contribution in [0.4, 0.5) is 4.79 Å². The van der Waals surface area contributed by atoms with Gasteiger partial charge in [0.2, 0.25) is 0 Å². The van der Waals surface area contributed by atoms with Crippen LogP contribution in [0.2, 0.25) is 0 Å². The smallest absolute Gasteiger partial charge is 0.408 e. The lowest BCUT2D eigenvalue weighted by Gasteiger charge is -2.36. The Balaban J connectivity index is 1.48. The molecule has 0 aliphatic heterocycles. The number of benzene rings is 4. The topological polar surface area (TPSA) is 64.6 Å². The third-order valence-electron chi connectivity index (χ3n) is 8.05. The fourth-order valence-corrected chi connectivity index (χ4v) is 7.52. The van der Waals surface area contributed by atoms with Crippen LogP contribution in [-0.2, 0) is 25.6 Å². The van der Waals surface area contributed by atoms with Gasteiger partial charge in [0.1, 0.15) is 12.2 Å². The second kappa shape index (κ2) is 15.3. The van der Waals surface area contributed by atoms with Crippen LogP contribution in [0, 0.1) is 5.92 Å². The highest BCUT2D eigenvalue weighted by atomic mass is 32.2. The molecule has 46 heavy (non-hydrogen) atoms. The number of ether oxygens (including phenoxy) is 2. The van der Waals surface area contributed by atoms with Crippen molar-refractivity contribution in [1.82, 2.24) is 5.32 Å². The summed E-state index contributed by atoms with van der Waals surface area (Å²) in [6.07, 6.45) is 3.99. The molecule has 0 bridgehead atoms. The van der Waals surface area contributed by atoms with Gasteiger partial charge in [-0.1, -0.05) is 133 Å². The maximum Gasteiger partial charge on any atom is 0.408 e. The highest BCUT2D eigenvalue weighted by molar-refractivity contribution is 8.00. The molecule has 1 aliphatic carbocycles. The molecule has 1 saturated carbocycles. The van der Waals surface area contributed by atoms with Gasteiger partial charge in [-0.3, -0.25) is 4.79 Å². The van der Waals surface area contributed by atoms with E-state index in [1.54, 1.807) is 11.8 Å². The molecule has 5 nitrogen and oxygen atoms in total. The summed E-state index contributed by atoms with van der Waals surface area (Å²) in [5, 5.41) is 3.13. The number of hydrogen-bond donors (Lipinski definition) is 1. The lowest BCUT2D eigenvalue weighted by atomic mass is 9.84. The van der Waals surface area contributed by atoms with Gasteiger partial charge in [0, 0.05) is 5.75 Å². The van der Waals surface area contributed by atoms with E-state index in [4.69, 9.17) is 9.47 Å². The summed E-state index contributed by atoms with van der Waals surface area (Å²) in [6, 6.07) is 40.8. The van der Waals surface area contributed by atoms with E-state index >= 15 is 0 Å². The predicted molar refractivity (Wildman–Crippen MR) is 186 cm³/mol. The second-order valence-electron chi connectivity index (χ2n) is 12.6. The number of alkyl carbamates (subject to hydrolysis) is 1. The molecule has 1 aliphatic rings. The monoisotopic (exact) mass is 633 g/mol. The molecule has 0 spiro atoms. The Labute approximate surface area is 277 Å². The first-order valence-corrected chi connectivity index (χ1v) is 16.9. The van der Waals surface area contributed by atoms with Gasteiger partial charge in [-0.25, -0.2) is 4.79 Å². The average Bonchev–Trinajstić information content (AvgIpc) is 3.53. The lowest BCUT2D eigenvalue weighted by molar-refractivity contribution is -0.148. The first-order chi connectivity index (χ1) is 22.2. The van der Waals surface area contributed by atoms with Crippen molar-refractivity contribution in [3.05, 3.63) is 155 Å². The zero-order valence-corrected chi connectivity index (χ0v) is 27.7. The molecule has 1 amide bonds. The van der Waals surface area contributed by atoms with Crippen LogP contribution in [0.1, 0.15) is 62.3 Å². The van der Waals surface area contributed by atoms with Crippen molar-refractivity contribution in [2.75, 3.05) is 5.75 Å². The van der Waals surface area contributed by atoms with Crippen LogP contribution >= 0.6 is 11.8 Å². The molecule has 0 heterocycles. The van der Waals surface area contributed by atoms with E-state index < -0.39 is 22.5 Å². The fraction of sp³-hybridized carbons (Fsp3) is 0.300. The van der Waals surface area contributed by atoms with Gasteiger partial charge in [-0.15, -0.1) is 11.8 Å². The van der Waals surface area contributed by atoms with Gasteiger partial charge in [-0.2, -0.15) is 0 Å². The molecule has 2 atom stereocenters. The molecule has 4 aromatic rings. The van der Waals surface area contributed by atoms with Crippen LogP contribution < -0.4 is 5.32 Å². The number of thioether (sulfide) groups is 1. The van der Waals surface area contributed by atoms with Crippen molar-refractivity contribution in [2.45, 2.75) is 63.0 Å². The van der Waals surface area contributed by atoms with Crippen molar-refractivity contribution in [3.8, 4) is 0 Å². The zero-order valence-electron chi connectivity index (χ0n) is 26.9. The number of amides is 1. The predicted octanol–water partition coefficient (Wildman–Crippen LogP) is 9.07. The van der Waals surface area contributed by atoms with E-state index in [1.807, 2.05) is 69.3 Å². The van der Waals surface area contributed by atoms with Crippen LogP contribution in [0.25, 0.3) is 0 Å². The SMILES string of the molecule is CC(C)(C)OC(=O)N[C@H](/C=C1\CCC[C@H]1C(=O)OCc1ccccc1)CSC(c1ccccc1)(c1ccccc1)c1ccccc1. The third kappa shape index (κ3) is 8.49. The van der Waals surface area contributed by atoms with Crippen molar-refractivity contribution in [1.29, 1.82) is 0 Å². The first-order valence-electron chi connectivity index (χ1n) is 16.0. The minimum Gasteiger partial charge on any atom is -0.460 e. The number of carbonyl (C=O) groups is 2. The van der Waals surface area contributed by atoms with Crippen LogP contribution in [-0.4, -0.2) is 29.5 Å².